The summed E-state index contributed by atoms with van der Waals surface area (Å²) in [4.78, 5) is 42.8. The van der Waals surface area contributed by atoms with Gasteiger partial charge in [-0.15, -0.1) is 0 Å². The van der Waals surface area contributed by atoms with Crippen LogP contribution in [0.4, 0.5) is 0 Å². The molecule has 1 saturated carbocycles. The standard InChI is InChI=1S/C21H27N3O3/c1-14-3-4-16(9-15(14)2)11-22-7-8-23(13-20(22)26)21(27)17-10-19(25)24(12-17)18-5-6-18/h3-4,9,17-18H,5-8,10-13H2,1-2H3. The predicted molar refractivity (Wildman–Crippen MR) is 101 cm³/mol. The van der Waals surface area contributed by atoms with Crippen LogP contribution in [-0.2, 0) is 20.9 Å². The maximum atomic E-state index is 12.8. The molecule has 2 saturated heterocycles. The number of carbonyl (C=O) groups excluding carboxylic acids is 3. The van der Waals surface area contributed by atoms with Crippen LogP contribution in [0.2, 0.25) is 0 Å². The first-order valence-electron chi connectivity index (χ1n) is 9.84. The SMILES string of the molecule is Cc1ccc(CN2CCN(C(=O)C3CC(=O)N(C4CC4)C3)CC2=O)cc1C. The lowest BCUT2D eigenvalue weighted by atomic mass is 10.0. The van der Waals surface area contributed by atoms with Crippen molar-refractivity contribution < 1.29 is 14.4 Å². The largest absolute Gasteiger partial charge is 0.339 e. The lowest BCUT2D eigenvalue weighted by Gasteiger charge is -2.35. The van der Waals surface area contributed by atoms with Crippen LogP contribution >= 0.6 is 0 Å². The Morgan fingerprint density at radius 3 is 2.52 bits per heavy atom. The molecule has 0 spiro atoms. The number of benzene rings is 1. The van der Waals surface area contributed by atoms with E-state index in [1.165, 1.54) is 11.1 Å². The number of hydrogen-bond donors (Lipinski definition) is 0. The first-order chi connectivity index (χ1) is 12.9. The summed E-state index contributed by atoms with van der Waals surface area (Å²) in [7, 11) is 0. The Labute approximate surface area is 160 Å². The zero-order valence-corrected chi connectivity index (χ0v) is 16.1. The van der Waals surface area contributed by atoms with Crippen LogP contribution in [0.3, 0.4) is 0 Å². The highest BCUT2D eigenvalue weighted by atomic mass is 16.2. The molecule has 27 heavy (non-hydrogen) atoms. The summed E-state index contributed by atoms with van der Waals surface area (Å²) in [6.45, 7) is 6.47. The van der Waals surface area contributed by atoms with Crippen molar-refractivity contribution in [3.8, 4) is 0 Å². The van der Waals surface area contributed by atoms with Gasteiger partial charge in [0.1, 0.15) is 0 Å². The summed E-state index contributed by atoms with van der Waals surface area (Å²) >= 11 is 0. The minimum Gasteiger partial charge on any atom is -0.339 e. The van der Waals surface area contributed by atoms with Gasteiger partial charge in [-0.3, -0.25) is 14.4 Å². The molecule has 1 unspecified atom stereocenters. The highest BCUT2D eigenvalue weighted by Gasteiger charge is 2.43. The Balaban J connectivity index is 1.34. The van der Waals surface area contributed by atoms with Crippen molar-refractivity contribution in [3.05, 3.63) is 34.9 Å². The molecule has 3 fully saturated rings. The molecule has 3 aliphatic rings. The third-order valence-electron chi connectivity index (χ3n) is 6.07. The third-order valence-corrected chi connectivity index (χ3v) is 6.07. The van der Waals surface area contributed by atoms with Crippen molar-refractivity contribution in [3.63, 3.8) is 0 Å². The molecule has 1 aromatic rings. The number of nitrogens with zero attached hydrogens (tertiary/aromatic N) is 3. The average molecular weight is 369 g/mol. The summed E-state index contributed by atoms with van der Waals surface area (Å²) in [6, 6.07) is 6.62. The Morgan fingerprint density at radius 2 is 1.85 bits per heavy atom. The van der Waals surface area contributed by atoms with Crippen molar-refractivity contribution in [1.82, 2.24) is 14.7 Å². The average Bonchev–Trinajstić information content (AvgIpc) is 3.41. The van der Waals surface area contributed by atoms with Gasteiger partial charge in [0.15, 0.2) is 0 Å². The van der Waals surface area contributed by atoms with Gasteiger partial charge >= 0.3 is 0 Å². The van der Waals surface area contributed by atoms with Gasteiger partial charge < -0.3 is 14.7 Å². The Hall–Kier alpha value is -2.37. The molecule has 0 radical (unpaired) electrons. The molecular weight excluding hydrogens is 342 g/mol. The zero-order chi connectivity index (χ0) is 19.1. The number of hydrogen-bond acceptors (Lipinski definition) is 3. The second-order valence-corrected chi connectivity index (χ2v) is 8.17. The maximum absolute atomic E-state index is 12.8. The van der Waals surface area contributed by atoms with E-state index in [0.29, 0.717) is 38.6 Å². The molecule has 1 aliphatic carbocycles. The molecule has 0 N–H and O–H groups in total. The minimum atomic E-state index is -0.280. The maximum Gasteiger partial charge on any atom is 0.242 e. The van der Waals surface area contributed by atoms with Crippen LogP contribution in [0, 0.1) is 19.8 Å². The number of amides is 3. The summed E-state index contributed by atoms with van der Waals surface area (Å²) in [6.07, 6.45) is 2.41. The quantitative estimate of drug-likeness (QED) is 0.808. The fraction of sp³-hybridized carbons (Fsp3) is 0.571. The molecule has 6 heteroatoms. The molecule has 1 aromatic carbocycles. The number of likely N-dealkylation sites (tertiary alicyclic amines) is 1. The topological polar surface area (TPSA) is 60.9 Å². The van der Waals surface area contributed by atoms with Gasteiger partial charge in [0.25, 0.3) is 0 Å². The number of piperazine rings is 1. The first-order valence-corrected chi connectivity index (χ1v) is 9.84. The highest BCUT2D eigenvalue weighted by molar-refractivity contribution is 5.92. The summed E-state index contributed by atoms with van der Waals surface area (Å²) in [5.74, 6) is -0.241. The van der Waals surface area contributed by atoms with Crippen molar-refractivity contribution >= 4 is 17.7 Å². The summed E-state index contributed by atoms with van der Waals surface area (Å²) in [5.41, 5.74) is 3.58. The lowest BCUT2D eigenvalue weighted by molar-refractivity contribution is -0.147. The van der Waals surface area contributed by atoms with E-state index >= 15 is 0 Å². The predicted octanol–water partition coefficient (Wildman–Crippen LogP) is 1.49. The van der Waals surface area contributed by atoms with Gasteiger partial charge in [0.2, 0.25) is 17.7 Å². The monoisotopic (exact) mass is 369 g/mol. The van der Waals surface area contributed by atoms with Crippen LogP contribution in [0.1, 0.15) is 36.0 Å². The van der Waals surface area contributed by atoms with Gasteiger partial charge in [0.05, 0.1) is 12.5 Å². The Kier molecular flexibility index (Phi) is 4.66. The second-order valence-electron chi connectivity index (χ2n) is 8.17. The molecule has 6 nitrogen and oxygen atoms in total. The lowest BCUT2D eigenvalue weighted by Crippen LogP contribution is -2.53. The highest BCUT2D eigenvalue weighted by Crippen LogP contribution is 2.33. The van der Waals surface area contributed by atoms with E-state index in [4.69, 9.17) is 0 Å². The van der Waals surface area contributed by atoms with E-state index in [1.54, 1.807) is 4.90 Å². The van der Waals surface area contributed by atoms with Gasteiger partial charge in [0, 0.05) is 38.6 Å². The third kappa shape index (κ3) is 3.70. The van der Waals surface area contributed by atoms with E-state index in [2.05, 4.69) is 32.0 Å². The molecular formula is C21H27N3O3. The first kappa shape index (κ1) is 18.0. The second kappa shape index (κ2) is 6.98. The zero-order valence-electron chi connectivity index (χ0n) is 16.1. The van der Waals surface area contributed by atoms with Gasteiger partial charge in [-0.25, -0.2) is 0 Å². The summed E-state index contributed by atoms with van der Waals surface area (Å²) < 4.78 is 0. The molecule has 2 aliphatic heterocycles. The molecule has 1 atom stereocenters. The molecule has 0 bridgehead atoms. The van der Waals surface area contributed by atoms with Crippen LogP contribution in [0.25, 0.3) is 0 Å². The van der Waals surface area contributed by atoms with E-state index in [9.17, 15) is 14.4 Å². The van der Waals surface area contributed by atoms with Gasteiger partial charge in [-0.2, -0.15) is 0 Å². The van der Waals surface area contributed by atoms with E-state index in [0.717, 1.165) is 18.4 Å². The minimum absolute atomic E-state index is 0.0174. The van der Waals surface area contributed by atoms with Crippen molar-refractivity contribution in [2.24, 2.45) is 5.92 Å². The van der Waals surface area contributed by atoms with E-state index in [1.807, 2.05) is 9.80 Å². The number of aryl methyl sites for hydroxylation is 2. The number of rotatable bonds is 4. The van der Waals surface area contributed by atoms with Gasteiger partial charge in [-0.05, 0) is 43.4 Å². The van der Waals surface area contributed by atoms with Crippen molar-refractivity contribution in [2.45, 2.75) is 45.7 Å². The smallest absolute Gasteiger partial charge is 0.242 e. The molecule has 4 rings (SSSR count). The normalized spacial score (nSPS) is 23.3. The van der Waals surface area contributed by atoms with Crippen LogP contribution < -0.4 is 0 Å². The Morgan fingerprint density at radius 1 is 1.07 bits per heavy atom. The molecule has 144 valence electrons. The van der Waals surface area contributed by atoms with Crippen molar-refractivity contribution in [1.29, 1.82) is 0 Å². The number of carbonyl (C=O) groups is 3. The fourth-order valence-corrected chi connectivity index (χ4v) is 4.08. The van der Waals surface area contributed by atoms with Crippen LogP contribution in [0.5, 0.6) is 0 Å². The van der Waals surface area contributed by atoms with E-state index in [-0.39, 0.29) is 30.2 Å². The van der Waals surface area contributed by atoms with E-state index < -0.39 is 0 Å². The van der Waals surface area contributed by atoms with Crippen LogP contribution in [-0.4, -0.2) is 64.6 Å². The molecule has 3 amide bonds. The molecule has 0 aromatic heterocycles. The van der Waals surface area contributed by atoms with Crippen LogP contribution in [0.15, 0.2) is 18.2 Å². The van der Waals surface area contributed by atoms with Gasteiger partial charge in [-0.1, -0.05) is 18.2 Å². The van der Waals surface area contributed by atoms with Crippen molar-refractivity contribution in [2.75, 3.05) is 26.2 Å². The summed E-state index contributed by atoms with van der Waals surface area (Å²) in [5, 5.41) is 0. The molecule has 2 heterocycles. The Bertz CT molecular complexity index is 787. The fourth-order valence-electron chi connectivity index (χ4n) is 4.08.